The third-order valence-corrected chi connectivity index (χ3v) is 8.36. The summed E-state index contributed by atoms with van der Waals surface area (Å²) in [4.78, 5) is 24.4. The van der Waals surface area contributed by atoms with Crippen LogP contribution >= 0.6 is 0 Å². The topological polar surface area (TPSA) is 63.4 Å². The molecule has 7 aromatic rings. The minimum atomic E-state index is 0.611. The lowest BCUT2D eigenvalue weighted by Gasteiger charge is -2.11. The van der Waals surface area contributed by atoms with Crippen LogP contribution in [0.4, 0.5) is 0 Å². The van der Waals surface area contributed by atoms with Gasteiger partial charge in [0, 0.05) is 22.4 Å². The molecule has 0 saturated carbocycles. The average molecular weight is 646 g/mol. The van der Waals surface area contributed by atoms with Gasteiger partial charge in [-0.15, -0.1) is 0 Å². The highest BCUT2D eigenvalue weighted by molar-refractivity contribution is 6.07. The van der Waals surface area contributed by atoms with E-state index in [9.17, 15) is 0 Å². The maximum absolute atomic E-state index is 5.03. The van der Waals surface area contributed by atoms with Crippen molar-refractivity contribution >= 4 is 17.2 Å². The number of benzene rings is 6. The van der Waals surface area contributed by atoms with Crippen LogP contribution in [-0.2, 0) is 0 Å². The van der Waals surface area contributed by atoms with Gasteiger partial charge in [-0.3, -0.25) is 0 Å². The van der Waals surface area contributed by atoms with Crippen molar-refractivity contribution in [3.8, 4) is 56.4 Å². The lowest BCUT2D eigenvalue weighted by Crippen LogP contribution is -2.01. The first kappa shape index (κ1) is 32.0. The first-order valence-electron chi connectivity index (χ1n) is 16.5. The van der Waals surface area contributed by atoms with Gasteiger partial charge in [0.2, 0.25) is 0 Å². The lowest BCUT2D eigenvalue weighted by molar-refractivity contribution is 1.07. The molecule has 0 saturated heterocycles. The fourth-order valence-corrected chi connectivity index (χ4v) is 5.80. The third kappa shape index (κ3) is 7.43. The highest BCUT2D eigenvalue weighted by Gasteiger charge is 2.14. The quantitative estimate of drug-likeness (QED) is 0.122. The molecule has 0 bridgehead atoms. The highest BCUT2D eigenvalue weighted by atomic mass is 15.0. The molecule has 7 rings (SSSR count). The summed E-state index contributed by atoms with van der Waals surface area (Å²) in [5.41, 5.74) is 10.7. The van der Waals surface area contributed by atoms with Gasteiger partial charge in [-0.05, 0) is 65.4 Å². The van der Waals surface area contributed by atoms with Gasteiger partial charge in [0.25, 0.3) is 0 Å². The molecule has 0 N–H and O–H groups in total. The molecule has 0 aliphatic carbocycles. The Hall–Kier alpha value is -6.59. The molecule has 5 nitrogen and oxygen atoms in total. The van der Waals surface area contributed by atoms with E-state index in [2.05, 4.69) is 84.4 Å². The molecular weight excluding hydrogens is 611 g/mol. The number of aliphatic imine (C=N–C) groups is 2. The summed E-state index contributed by atoms with van der Waals surface area (Å²) in [5, 5.41) is 0. The van der Waals surface area contributed by atoms with Crippen LogP contribution in [0.3, 0.4) is 0 Å². The maximum Gasteiger partial charge on any atom is 0.164 e. The van der Waals surface area contributed by atoms with Crippen molar-refractivity contribution in [2.75, 3.05) is 0 Å². The average Bonchev–Trinajstić information content (AvgIpc) is 3.19. The Kier molecular flexibility index (Phi) is 9.38. The fraction of sp³-hybridized carbons (Fsp3) is 0.0444. The van der Waals surface area contributed by atoms with Crippen LogP contribution in [0.25, 0.3) is 62.1 Å². The van der Waals surface area contributed by atoms with Crippen molar-refractivity contribution in [3.05, 3.63) is 181 Å². The summed E-state index contributed by atoms with van der Waals surface area (Å²) in [5.74, 6) is 2.51. The van der Waals surface area contributed by atoms with E-state index >= 15 is 0 Å². The zero-order valence-corrected chi connectivity index (χ0v) is 28.0. The molecular formula is C45H35N5. The number of amidine groups is 1. The summed E-state index contributed by atoms with van der Waals surface area (Å²) >= 11 is 0. The summed E-state index contributed by atoms with van der Waals surface area (Å²) in [6.07, 6.45) is 0. The SMILES string of the molecule is C=C(/N=C(C)\N=C(/C)c1cccc(-c2cccc(-c3nc(-c4ccccc4)nc(-c4cccc(-c5ccccc5)c4)n3)c2)c1)c1ccccc1. The van der Waals surface area contributed by atoms with Gasteiger partial charge >= 0.3 is 0 Å². The van der Waals surface area contributed by atoms with Crippen molar-refractivity contribution in [1.82, 2.24) is 15.0 Å². The predicted octanol–water partition coefficient (Wildman–Crippen LogP) is 11.1. The van der Waals surface area contributed by atoms with Crippen molar-refractivity contribution in [1.29, 1.82) is 0 Å². The molecule has 0 unspecified atom stereocenters. The number of nitrogens with zero attached hydrogens (tertiary/aromatic N) is 5. The molecule has 240 valence electrons. The largest absolute Gasteiger partial charge is 0.238 e. The van der Waals surface area contributed by atoms with Crippen LogP contribution in [0.5, 0.6) is 0 Å². The van der Waals surface area contributed by atoms with Crippen molar-refractivity contribution in [2.45, 2.75) is 13.8 Å². The summed E-state index contributed by atoms with van der Waals surface area (Å²) in [7, 11) is 0. The van der Waals surface area contributed by atoms with Crippen LogP contribution in [0.1, 0.15) is 25.0 Å². The molecule has 50 heavy (non-hydrogen) atoms. The number of hydrogen-bond donors (Lipinski definition) is 0. The molecule has 5 heteroatoms. The second kappa shape index (κ2) is 14.7. The van der Waals surface area contributed by atoms with Crippen LogP contribution in [-0.4, -0.2) is 26.5 Å². The number of aromatic nitrogens is 3. The van der Waals surface area contributed by atoms with Gasteiger partial charge in [0.1, 0.15) is 5.84 Å². The van der Waals surface area contributed by atoms with E-state index in [4.69, 9.17) is 19.9 Å². The predicted molar refractivity (Wildman–Crippen MR) is 208 cm³/mol. The van der Waals surface area contributed by atoms with E-state index < -0.39 is 0 Å². The highest BCUT2D eigenvalue weighted by Crippen LogP contribution is 2.30. The zero-order chi connectivity index (χ0) is 34.3. The van der Waals surface area contributed by atoms with E-state index in [0.29, 0.717) is 29.0 Å². The molecule has 0 aliphatic heterocycles. The van der Waals surface area contributed by atoms with Gasteiger partial charge in [-0.2, -0.15) is 0 Å². The molecule has 1 aromatic heterocycles. The third-order valence-electron chi connectivity index (χ3n) is 8.36. The van der Waals surface area contributed by atoms with Gasteiger partial charge < -0.3 is 0 Å². The Morgan fingerprint density at radius 1 is 0.400 bits per heavy atom. The van der Waals surface area contributed by atoms with Crippen molar-refractivity contribution in [2.24, 2.45) is 9.98 Å². The molecule has 0 amide bonds. The number of rotatable bonds is 8. The van der Waals surface area contributed by atoms with Gasteiger partial charge in [-0.25, -0.2) is 24.9 Å². The summed E-state index contributed by atoms with van der Waals surface area (Å²) in [6, 6.07) is 55.4. The van der Waals surface area contributed by atoms with E-state index in [1.54, 1.807) is 0 Å². The Balaban J connectivity index is 1.23. The number of hydrogen-bond acceptors (Lipinski definition) is 4. The van der Waals surface area contributed by atoms with E-state index in [1.165, 1.54) is 0 Å². The van der Waals surface area contributed by atoms with E-state index in [0.717, 1.165) is 55.8 Å². The minimum absolute atomic E-state index is 0.611. The van der Waals surface area contributed by atoms with Crippen LogP contribution in [0.15, 0.2) is 180 Å². The molecule has 1 heterocycles. The molecule has 0 aliphatic rings. The Morgan fingerprint density at radius 2 is 0.800 bits per heavy atom. The van der Waals surface area contributed by atoms with Crippen molar-refractivity contribution in [3.63, 3.8) is 0 Å². The zero-order valence-electron chi connectivity index (χ0n) is 28.0. The molecule has 0 fully saturated rings. The minimum Gasteiger partial charge on any atom is -0.238 e. The Labute approximate surface area is 293 Å². The summed E-state index contributed by atoms with van der Waals surface area (Å²) < 4.78 is 0. The van der Waals surface area contributed by atoms with Gasteiger partial charge in [0.15, 0.2) is 17.5 Å². The van der Waals surface area contributed by atoms with Gasteiger partial charge in [0.05, 0.1) is 5.70 Å². The Morgan fingerprint density at radius 3 is 1.38 bits per heavy atom. The molecule has 0 atom stereocenters. The van der Waals surface area contributed by atoms with Crippen LogP contribution < -0.4 is 0 Å². The fourth-order valence-electron chi connectivity index (χ4n) is 5.80. The molecule has 0 spiro atoms. The second-order valence-electron chi connectivity index (χ2n) is 11.9. The van der Waals surface area contributed by atoms with Crippen LogP contribution in [0, 0.1) is 0 Å². The first-order chi connectivity index (χ1) is 24.5. The van der Waals surface area contributed by atoms with Crippen molar-refractivity contribution < 1.29 is 0 Å². The van der Waals surface area contributed by atoms with E-state index in [-0.39, 0.29) is 0 Å². The smallest absolute Gasteiger partial charge is 0.164 e. The van der Waals surface area contributed by atoms with E-state index in [1.807, 2.05) is 105 Å². The summed E-state index contributed by atoms with van der Waals surface area (Å²) in [6.45, 7) is 8.02. The Bertz CT molecular complexity index is 2340. The maximum atomic E-state index is 5.03. The standard InChI is InChI=1S/C45H35N5/c1-31(34-16-7-4-8-17-34)46-33(3)47-32(2)37-22-13-24-39(28-37)40-25-15-27-42(30-40)45-49-43(36-20-11-6-12-21-36)48-44(50-45)41-26-14-23-38(29-41)35-18-9-5-10-19-35/h4-30H,1H2,2-3H3/b46-33-,47-32+. The lowest BCUT2D eigenvalue weighted by atomic mass is 9.99. The second-order valence-corrected chi connectivity index (χ2v) is 11.9. The van der Waals surface area contributed by atoms with Gasteiger partial charge in [-0.1, -0.05) is 152 Å². The normalized spacial score (nSPS) is 11.7. The first-order valence-corrected chi connectivity index (χ1v) is 16.5. The monoisotopic (exact) mass is 645 g/mol. The molecule has 0 radical (unpaired) electrons. The molecule has 6 aromatic carbocycles. The van der Waals surface area contributed by atoms with Crippen LogP contribution in [0.2, 0.25) is 0 Å².